The van der Waals surface area contributed by atoms with Gasteiger partial charge in [-0.05, 0) is 20.8 Å². The number of aliphatic imine (C=N–C) groups is 8. The van der Waals surface area contributed by atoms with Crippen LogP contribution in [0.1, 0.15) is 31.9 Å². The Morgan fingerprint density at radius 3 is 0.953 bits per heavy atom. The fraction of sp³-hybridized carbons (Fsp3) is 0.0857. The summed E-state index contributed by atoms with van der Waals surface area (Å²) in [6.07, 6.45) is 16.8. The molecular weight excluding hydrogens is 532 g/mol. The van der Waals surface area contributed by atoms with Crippen molar-refractivity contribution in [3.8, 4) is 0 Å². The summed E-state index contributed by atoms with van der Waals surface area (Å²) in [6, 6.07) is 7.84. The Labute approximate surface area is 250 Å². The molecule has 208 valence electrons. The molecule has 8 bridgehead atoms. The van der Waals surface area contributed by atoms with Crippen LogP contribution in [0.3, 0.4) is 0 Å². The van der Waals surface area contributed by atoms with Gasteiger partial charge in [0, 0.05) is 44.6 Å². The first kappa shape index (κ1) is 27.4. The average molecular weight is 561 g/mol. The Hall–Kier alpha value is -5.76. The molecule has 0 radical (unpaired) electrons. The quantitative estimate of drug-likeness (QED) is 0.365. The number of allylic oxidation sites excluding steroid dienone is 3. The van der Waals surface area contributed by atoms with Crippen molar-refractivity contribution < 1.29 is 0 Å². The summed E-state index contributed by atoms with van der Waals surface area (Å²) in [5.41, 5.74) is 6.22. The van der Waals surface area contributed by atoms with Crippen LogP contribution in [0.25, 0.3) is 0 Å². The lowest BCUT2D eigenvalue weighted by molar-refractivity contribution is 1.48. The smallest absolute Gasteiger partial charge is 0.164 e. The maximum absolute atomic E-state index is 4.95. The Kier molecular flexibility index (Phi) is 7.17. The van der Waals surface area contributed by atoms with Crippen LogP contribution in [0.5, 0.6) is 0 Å². The summed E-state index contributed by atoms with van der Waals surface area (Å²) in [6.45, 7) is 18.0. The Bertz CT molecular complexity index is 1970. The monoisotopic (exact) mass is 560 g/mol. The summed E-state index contributed by atoms with van der Waals surface area (Å²) in [7, 11) is 0. The largest absolute Gasteiger partial charge is 0.208 e. The van der Waals surface area contributed by atoms with Gasteiger partial charge in [-0.2, -0.15) is 0 Å². The number of hydrogen-bond donors (Lipinski definition) is 0. The topological polar surface area (TPSA) is 98.9 Å². The minimum Gasteiger partial charge on any atom is -0.208 e. The third-order valence-corrected chi connectivity index (χ3v) is 7.03. The van der Waals surface area contributed by atoms with Gasteiger partial charge < -0.3 is 0 Å². The highest BCUT2D eigenvalue weighted by Gasteiger charge is 2.31. The summed E-state index contributed by atoms with van der Waals surface area (Å²) in [4.78, 5) is 39.1. The van der Waals surface area contributed by atoms with E-state index in [0.29, 0.717) is 46.7 Å². The molecule has 1 aromatic carbocycles. The number of nitrogens with zero attached hydrogens (tertiary/aromatic N) is 8. The molecule has 0 fully saturated rings. The van der Waals surface area contributed by atoms with Crippen LogP contribution < -0.4 is 0 Å². The normalized spacial score (nSPS) is 19.4. The summed E-state index contributed by atoms with van der Waals surface area (Å²) < 4.78 is 0. The highest BCUT2D eigenvalue weighted by molar-refractivity contribution is 6.35. The van der Waals surface area contributed by atoms with Crippen LogP contribution >= 0.6 is 0 Å². The molecule has 8 nitrogen and oxygen atoms in total. The van der Waals surface area contributed by atoms with Gasteiger partial charge in [0.1, 0.15) is 0 Å². The van der Waals surface area contributed by atoms with E-state index in [2.05, 4.69) is 19.7 Å². The predicted molar refractivity (Wildman–Crippen MR) is 180 cm³/mol. The van der Waals surface area contributed by atoms with Crippen molar-refractivity contribution >= 4 is 46.7 Å². The zero-order valence-corrected chi connectivity index (χ0v) is 24.2. The van der Waals surface area contributed by atoms with Crippen LogP contribution in [0.15, 0.2) is 172 Å². The number of rotatable bonds is 6. The average Bonchev–Trinajstić information content (AvgIpc) is 3.72. The van der Waals surface area contributed by atoms with Gasteiger partial charge in [0.25, 0.3) is 0 Å². The van der Waals surface area contributed by atoms with Gasteiger partial charge in [-0.1, -0.05) is 98.7 Å². The van der Waals surface area contributed by atoms with Crippen molar-refractivity contribution in [3.05, 3.63) is 143 Å². The lowest BCUT2D eigenvalue weighted by Gasteiger charge is -2.02. The van der Waals surface area contributed by atoms with E-state index >= 15 is 0 Å². The molecule has 0 N–H and O–H groups in total. The van der Waals surface area contributed by atoms with E-state index < -0.39 is 0 Å². The van der Waals surface area contributed by atoms with Gasteiger partial charge in [-0.15, -0.1) is 0 Å². The first-order chi connectivity index (χ1) is 21.0. The third kappa shape index (κ3) is 4.59. The van der Waals surface area contributed by atoms with Crippen LogP contribution in [0, 0.1) is 0 Å². The Morgan fingerprint density at radius 2 is 0.651 bits per heavy atom. The summed E-state index contributed by atoms with van der Waals surface area (Å²) in [5.74, 6) is 3.68. The van der Waals surface area contributed by atoms with Gasteiger partial charge in [0.15, 0.2) is 46.7 Å². The number of hydrogen-bond acceptors (Lipinski definition) is 8. The van der Waals surface area contributed by atoms with Crippen LogP contribution in [-0.2, 0) is 0 Å². The molecule has 0 unspecified atom stereocenters. The lowest BCUT2D eigenvalue weighted by atomic mass is 10.1. The maximum Gasteiger partial charge on any atom is 0.164 e. The maximum atomic E-state index is 4.95. The van der Waals surface area contributed by atoms with Gasteiger partial charge in [-0.3, -0.25) is 0 Å². The summed E-state index contributed by atoms with van der Waals surface area (Å²) >= 11 is 0. The third-order valence-electron chi connectivity index (χ3n) is 7.03. The first-order valence-corrected chi connectivity index (χ1v) is 13.8. The van der Waals surface area contributed by atoms with Crippen molar-refractivity contribution in [3.63, 3.8) is 0 Å². The van der Waals surface area contributed by atoms with Crippen molar-refractivity contribution in [1.29, 1.82) is 0 Å². The van der Waals surface area contributed by atoms with Crippen molar-refractivity contribution in [2.24, 2.45) is 39.9 Å². The molecule has 0 saturated heterocycles. The molecule has 0 saturated carbocycles. The van der Waals surface area contributed by atoms with Gasteiger partial charge >= 0.3 is 0 Å². The van der Waals surface area contributed by atoms with E-state index in [4.69, 9.17) is 39.9 Å². The van der Waals surface area contributed by atoms with Crippen LogP contribution in [-0.4, -0.2) is 46.7 Å². The molecule has 5 aliphatic heterocycles. The van der Waals surface area contributed by atoms with Crippen molar-refractivity contribution in [1.82, 2.24) is 0 Å². The highest BCUT2D eigenvalue weighted by atomic mass is 15.1. The molecule has 6 rings (SSSR count). The first-order valence-electron chi connectivity index (χ1n) is 13.8. The van der Waals surface area contributed by atoms with Gasteiger partial charge in [0.2, 0.25) is 0 Å². The number of benzene rings is 1. The molecule has 0 spiro atoms. The standard InChI is InChI=1S/C35H28N8/c1-7-15-23-20(10-4)28-36-29-21(11-5)24(16-8-2)33(38-29)42-35-27-19-14-13-18-26(27)34(43-35)40-30-22(12-6)25(17-9-3)32(39-30)41-31(23)37-28/h7-19H,4-6H2,1-3H3/b15-7-,16-8-,17-9-,36-28?,36-29?,40-30?,40-34?,41-31?,41-32?,42-33?,42-35?. The van der Waals surface area contributed by atoms with Crippen molar-refractivity contribution in [2.75, 3.05) is 0 Å². The molecule has 0 aliphatic carbocycles. The number of fused-ring (bicyclic) bond motifs is 7. The van der Waals surface area contributed by atoms with Gasteiger partial charge in [-0.25, -0.2) is 39.9 Å². The summed E-state index contributed by atoms with van der Waals surface area (Å²) in [5, 5.41) is 0. The van der Waals surface area contributed by atoms with E-state index in [1.165, 1.54) is 0 Å². The molecule has 0 aromatic heterocycles. The van der Waals surface area contributed by atoms with Gasteiger partial charge in [0.05, 0.1) is 0 Å². The van der Waals surface area contributed by atoms with Crippen LogP contribution in [0.2, 0.25) is 0 Å². The fourth-order valence-electron chi connectivity index (χ4n) is 5.16. The SMILES string of the molecule is C=CC1=C(/C=C\C)C2=NC1=NC1=NC(=NC3=NC(=NC4=NC(=N2)C(/C=C\C)=C4C=C)C(C=C)=C3/C=C\C)c2ccccc21. The van der Waals surface area contributed by atoms with E-state index in [0.717, 1.165) is 44.6 Å². The van der Waals surface area contributed by atoms with E-state index in [1.807, 2.05) is 81.5 Å². The van der Waals surface area contributed by atoms with Crippen LogP contribution in [0.4, 0.5) is 0 Å². The number of amidine groups is 8. The highest BCUT2D eigenvalue weighted by Crippen LogP contribution is 2.30. The van der Waals surface area contributed by atoms with E-state index in [1.54, 1.807) is 18.2 Å². The van der Waals surface area contributed by atoms with E-state index in [-0.39, 0.29) is 0 Å². The molecule has 0 amide bonds. The molecule has 1 aromatic rings. The van der Waals surface area contributed by atoms with E-state index in [9.17, 15) is 0 Å². The minimum absolute atomic E-state index is 0.431. The molecule has 0 atom stereocenters. The zero-order chi connectivity index (χ0) is 30.1. The Morgan fingerprint density at radius 1 is 0.395 bits per heavy atom. The second kappa shape index (κ2) is 11.3. The molecule has 43 heavy (non-hydrogen) atoms. The molecule has 5 heterocycles. The molecule has 8 heteroatoms. The van der Waals surface area contributed by atoms with Crippen molar-refractivity contribution in [2.45, 2.75) is 20.8 Å². The molecule has 5 aliphatic rings. The second-order valence-corrected chi connectivity index (χ2v) is 9.62. The fourth-order valence-corrected chi connectivity index (χ4v) is 5.16. The predicted octanol–water partition coefficient (Wildman–Crippen LogP) is 6.81. The minimum atomic E-state index is 0.431. The zero-order valence-electron chi connectivity index (χ0n) is 24.2. The second-order valence-electron chi connectivity index (χ2n) is 9.62. The molecular formula is C35H28N8. The Balaban J connectivity index is 1.71. The lowest BCUT2D eigenvalue weighted by Crippen LogP contribution is -2.02.